The van der Waals surface area contributed by atoms with Gasteiger partial charge in [0.15, 0.2) is 0 Å². The van der Waals surface area contributed by atoms with E-state index in [1.807, 2.05) is 53.4 Å². The number of benzene rings is 3. The predicted molar refractivity (Wildman–Crippen MR) is 128 cm³/mol. The van der Waals surface area contributed by atoms with Gasteiger partial charge in [-0.05, 0) is 71.8 Å². The van der Waals surface area contributed by atoms with Gasteiger partial charge in [-0.2, -0.15) is 5.26 Å². The number of aromatic nitrogens is 1. The van der Waals surface area contributed by atoms with Gasteiger partial charge in [0.05, 0.1) is 12.5 Å². The minimum Gasteiger partial charge on any atom is -0.457 e. The first-order valence-electron chi connectivity index (χ1n) is 10.6. The topological polar surface area (TPSA) is 92.2 Å². The smallest absolute Gasteiger partial charge is 0.267 e. The largest absolute Gasteiger partial charge is 0.457 e. The molecule has 4 aromatic rings. The Hall–Kier alpha value is -4.70. The molecule has 4 rings (SSSR count). The zero-order chi connectivity index (χ0) is 23.9. The first kappa shape index (κ1) is 22.5. The van der Waals surface area contributed by atoms with Crippen molar-refractivity contribution in [2.24, 2.45) is 5.73 Å². The molecular weight excluding hydrogens is 431 g/mol. The molecule has 7 heteroatoms. The van der Waals surface area contributed by atoms with Crippen LogP contribution in [-0.2, 0) is 0 Å². The molecule has 0 aliphatic rings. The molecule has 0 spiro atoms. The molecule has 0 bridgehead atoms. The van der Waals surface area contributed by atoms with Crippen LogP contribution < -0.4 is 15.4 Å². The van der Waals surface area contributed by atoms with Crippen molar-refractivity contribution in [2.75, 3.05) is 11.4 Å². The summed E-state index contributed by atoms with van der Waals surface area (Å²) in [5.74, 6) is 0.639. The monoisotopic (exact) mass is 452 g/mol. The van der Waals surface area contributed by atoms with Gasteiger partial charge < -0.3 is 15.4 Å². The van der Waals surface area contributed by atoms with Gasteiger partial charge in [0.25, 0.3) is 5.91 Å². The first-order valence-corrected chi connectivity index (χ1v) is 10.6. The van der Waals surface area contributed by atoms with Crippen LogP contribution in [0.25, 0.3) is 11.1 Å². The second-order valence-electron chi connectivity index (χ2n) is 7.44. The number of primary amides is 1. The van der Waals surface area contributed by atoms with Crippen LogP contribution in [0.3, 0.4) is 0 Å². The summed E-state index contributed by atoms with van der Waals surface area (Å²) < 4.78 is 18.9. The number of para-hydroxylation sites is 1. The number of carbonyl (C=O) groups is 1. The molecule has 2 N–H and O–H groups in total. The van der Waals surface area contributed by atoms with Crippen LogP contribution >= 0.6 is 0 Å². The van der Waals surface area contributed by atoms with E-state index in [-0.39, 0.29) is 17.9 Å². The van der Waals surface area contributed by atoms with Crippen LogP contribution in [0.4, 0.5) is 15.9 Å². The molecule has 1 aromatic heterocycles. The maximum absolute atomic E-state index is 13.1. The molecule has 34 heavy (non-hydrogen) atoms. The molecular formula is C27H21FN4O2. The van der Waals surface area contributed by atoms with E-state index in [4.69, 9.17) is 15.7 Å². The number of pyridine rings is 1. The summed E-state index contributed by atoms with van der Waals surface area (Å²) in [6.45, 7) is 0.402. The molecule has 3 aromatic carbocycles. The van der Waals surface area contributed by atoms with Crippen LogP contribution in [0.1, 0.15) is 16.9 Å². The van der Waals surface area contributed by atoms with E-state index in [2.05, 4.69) is 11.1 Å². The van der Waals surface area contributed by atoms with Crippen LogP contribution in [0.2, 0.25) is 0 Å². The highest BCUT2D eigenvalue weighted by molar-refractivity contribution is 5.93. The number of nitrogens with two attached hydrogens (primary N) is 1. The number of carbonyl (C=O) groups excluding carboxylic acids is 1. The molecule has 0 unspecified atom stereocenters. The SMILES string of the molecule is N#CCCN(c1ccccc1)c1cc(-c2ccc(Oc3ccc(F)cc3)cc2)cc(C(N)=O)n1. The summed E-state index contributed by atoms with van der Waals surface area (Å²) in [5.41, 5.74) is 8.11. The van der Waals surface area contributed by atoms with Gasteiger partial charge >= 0.3 is 0 Å². The molecule has 0 aliphatic heterocycles. The Labute approximate surface area is 196 Å². The molecule has 6 nitrogen and oxygen atoms in total. The molecule has 0 saturated heterocycles. The number of amides is 1. The van der Waals surface area contributed by atoms with E-state index in [0.29, 0.717) is 23.9 Å². The average Bonchev–Trinajstić information content (AvgIpc) is 2.86. The molecule has 0 radical (unpaired) electrons. The van der Waals surface area contributed by atoms with Crippen LogP contribution in [0.5, 0.6) is 11.5 Å². The number of anilines is 2. The third-order valence-electron chi connectivity index (χ3n) is 5.09. The summed E-state index contributed by atoms with van der Waals surface area (Å²) in [6, 6.07) is 28.2. The molecule has 0 aliphatic carbocycles. The lowest BCUT2D eigenvalue weighted by atomic mass is 10.0. The van der Waals surface area contributed by atoms with E-state index in [0.717, 1.165) is 16.8 Å². The lowest BCUT2D eigenvalue weighted by molar-refractivity contribution is 0.0995. The third kappa shape index (κ3) is 5.37. The summed E-state index contributed by atoms with van der Waals surface area (Å²) in [7, 11) is 0. The second kappa shape index (κ2) is 10.3. The highest BCUT2D eigenvalue weighted by Crippen LogP contribution is 2.31. The Morgan fingerprint density at radius 3 is 2.21 bits per heavy atom. The van der Waals surface area contributed by atoms with Gasteiger partial charge in [-0.15, -0.1) is 0 Å². The van der Waals surface area contributed by atoms with Crippen molar-refractivity contribution in [1.29, 1.82) is 5.26 Å². The zero-order valence-corrected chi connectivity index (χ0v) is 18.2. The van der Waals surface area contributed by atoms with Crippen LogP contribution in [-0.4, -0.2) is 17.4 Å². The van der Waals surface area contributed by atoms with Crippen LogP contribution in [0.15, 0.2) is 91.0 Å². The van der Waals surface area contributed by atoms with Gasteiger partial charge in [0, 0.05) is 12.2 Å². The van der Waals surface area contributed by atoms with Gasteiger partial charge in [0.1, 0.15) is 28.8 Å². The highest BCUT2D eigenvalue weighted by Gasteiger charge is 2.16. The van der Waals surface area contributed by atoms with Gasteiger partial charge in [0.2, 0.25) is 0 Å². The van der Waals surface area contributed by atoms with E-state index in [9.17, 15) is 9.18 Å². The van der Waals surface area contributed by atoms with Crippen molar-refractivity contribution >= 4 is 17.4 Å². The lowest BCUT2D eigenvalue weighted by Gasteiger charge is -2.24. The van der Waals surface area contributed by atoms with Crippen molar-refractivity contribution in [3.63, 3.8) is 0 Å². The summed E-state index contributed by atoms with van der Waals surface area (Å²) in [6.07, 6.45) is 0.280. The fourth-order valence-corrected chi connectivity index (χ4v) is 3.45. The first-order chi connectivity index (χ1) is 16.5. The number of nitrogens with zero attached hydrogens (tertiary/aromatic N) is 3. The maximum atomic E-state index is 13.1. The number of halogens is 1. The zero-order valence-electron chi connectivity index (χ0n) is 18.2. The highest BCUT2D eigenvalue weighted by atomic mass is 19.1. The predicted octanol–water partition coefficient (Wildman–Crippen LogP) is 5.83. The van der Waals surface area contributed by atoms with E-state index >= 15 is 0 Å². The number of ether oxygens (including phenoxy) is 1. The quantitative estimate of drug-likeness (QED) is 0.363. The number of hydrogen-bond acceptors (Lipinski definition) is 5. The van der Waals surface area contributed by atoms with E-state index in [1.54, 1.807) is 30.3 Å². The molecule has 0 atom stereocenters. The van der Waals surface area contributed by atoms with Gasteiger partial charge in [-0.1, -0.05) is 30.3 Å². The minimum absolute atomic E-state index is 0.122. The lowest BCUT2D eigenvalue weighted by Crippen LogP contribution is -2.21. The summed E-state index contributed by atoms with van der Waals surface area (Å²) in [4.78, 5) is 18.4. The number of hydrogen-bond donors (Lipinski definition) is 1. The van der Waals surface area contributed by atoms with E-state index < -0.39 is 5.91 Å². The average molecular weight is 452 g/mol. The minimum atomic E-state index is -0.646. The number of rotatable bonds is 8. The van der Waals surface area contributed by atoms with E-state index in [1.165, 1.54) is 12.1 Å². The fraction of sp³-hybridized carbons (Fsp3) is 0.0741. The van der Waals surface area contributed by atoms with Crippen molar-refractivity contribution < 1.29 is 13.9 Å². The van der Waals surface area contributed by atoms with Crippen molar-refractivity contribution in [2.45, 2.75) is 6.42 Å². The Bertz CT molecular complexity index is 1320. The molecule has 168 valence electrons. The second-order valence-corrected chi connectivity index (χ2v) is 7.44. The Kier molecular flexibility index (Phi) is 6.80. The van der Waals surface area contributed by atoms with Crippen molar-refractivity contribution in [1.82, 2.24) is 4.98 Å². The van der Waals surface area contributed by atoms with Crippen molar-refractivity contribution in [3.8, 4) is 28.7 Å². The molecule has 0 saturated carbocycles. The van der Waals surface area contributed by atoms with Gasteiger partial charge in [-0.25, -0.2) is 9.37 Å². The summed E-state index contributed by atoms with van der Waals surface area (Å²) >= 11 is 0. The Morgan fingerprint density at radius 1 is 0.941 bits per heavy atom. The normalized spacial score (nSPS) is 10.4. The number of nitriles is 1. The van der Waals surface area contributed by atoms with Crippen molar-refractivity contribution in [3.05, 3.63) is 103 Å². The molecule has 1 amide bonds. The fourth-order valence-electron chi connectivity index (χ4n) is 3.45. The summed E-state index contributed by atoms with van der Waals surface area (Å²) in [5, 5.41) is 9.13. The maximum Gasteiger partial charge on any atom is 0.267 e. The van der Waals surface area contributed by atoms with Crippen LogP contribution in [0, 0.1) is 17.1 Å². The standard InChI is InChI=1S/C27H21FN4O2/c28-21-9-13-24(14-10-21)34-23-11-7-19(8-12-23)20-17-25(27(30)33)31-26(18-20)32(16-4-15-29)22-5-2-1-3-6-22/h1-3,5-14,17-18H,4,16H2,(H2,30,33). The van der Waals surface area contributed by atoms with Gasteiger partial charge in [-0.3, -0.25) is 4.79 Å². The molecule has 0 fully saturated rings. The Morgan fingerprint density at radius 2 is 1.59 bits per heavy atom. The Balaban J connectivity index is 1.68. The molecule has 1 heterocycles. The third-order valence-corrected chi connectivity index (χ3v) is 5.09.